The summed E-state index contributed by atoms with van der Waals surface area (Å²) in [4.78, 5) is 27.4. The Morgan fingerprint density at radius 1 is 1.04 bits per heavy atom. The van der Waals surface area contributed by atoms with Gasteiger partial charge in [-0.15, -0.1) is 0 Å². The predicted octanol–water partition coefficient (Wildman–Crippen LogP) is 3.15. The molecular formula is C21H25N3O2. The fourth-order valence-corrected chi connectivity index (χ4v) is 3.42. The minimum absolute atomic E-state index is 0.156. The smallest absolute Gasteiger partial charge is 0.255 e. The van der Waals surface area contributed by atoms with Gasteiger partial charge in [0.1, 0.15) is 0 Å². The second-order valence-electron chi connectivity index (χ2n) is 6.50. The lowest BCUT2D eigenvalue weighted by atomic mass is 10.1. The highest BCUT2D eigenvalue weighted by molar-refractivity contribution is 6.08. The number of likely N-dealkylation sites (N-methyl/N-ethyl adjacent to an activating group) is 1. The number of nitrogens with one attached hydrogen (secondary N) is 2. The van der Waals surface area contributed by atoms with E-state index >= 15 is 0 Å². The van der Waals surface area contributed by atoms with Gasteiger partial charge in [0.2, 0.25) is 0 Å². The standard InChI is InChI=1S/C21H25N3O2/c1-2-24-14-8-11-17(24)15-22-21(26)18-12-6-7-13-19(18)23-20(25)16-9-4-3-5-10-16/h3-7,9-10,12-13,17H,2,8,11,14-15H2,1H3,(H,22,26)(H,23,25). The van der Waals surface area contributed by atoms with Crippen molar-refractivity contribution in [3.05, 3.63) is 65.7 Å². The van der Waals surface area contributed by atoms with E-state index in [4.69, 9.17) is 0 Å². The summed E-state index contributed by atoms with van der Waals surface area (Å²) in [6, 6.07) is 16.5. The van der Waals surface area contributed by atoms with Gasteiger partial charge in [-0.2, -0.15) is 0 Å². The maximum absolute atomic E-state index is 12.7. The molecule has 136 valence electrons. The molecule has 5 heteroatoms. The highest BCUT2D eigenvalue weighted by atomic mass is 16.2. The Hall–Kier alpha value is -2.66. The number of rotatable bonds is 6. The van der Waals surface area contributed by atoms with E-state index in [1.807, 2.05) is 24.3 Å². The van der Waals surface area contributed by atoms with Gasteiger partial charge in [0, 0.05) is 18.2 Å². The highest BCUT2D eigenvalue weighted by Crippen LogP contribution is 2.18. The van der Waals surface area contributed by atoms with E-state index in [2.05, 4.69) is 22.5 Å². The second kappa shape index (κ2) is 8.63. The maximum Gasteiger partial charge on any atom is 0.255 e. The van der Waals surface area contributed by atoms with Crippen molar-refractivity contribution in [1.82, 2.24) is 10.2 Å². The van der Waals surface area contributed by atoms with Crippen LogP contribution in [-0.2, 0) is 0 Å². The van der Waals surface area contributed by atoms with Crippen molar-refractivity contribution in [2.45, 2.75) is 25.8 Å². The molecule has 0 spiro atoms. The number of carbonyl (C=O) groups excluding carboxylic acids is 2. The molecule has 0 aromatic heterocycles. The van der Waals surface area contributed by atoms with Gasteiger partial charge < -0.3 is 10.6 Å². The molecule has 1 saturated heterocycles. The lowest BCUT2D eigenvalue weighted by molar-refractivity contribution is 0.0942. The van der Waals surface area contributed by atoms with Gasteiger partial charge in [-0.3, -0.25) is 14.5 Å². The summed E-state index contributed by atoms with van der Waals surface area (Å²) in [7, 11) is 0. The largest absolute Gasteiger partial charge is 0.350 e. The van der Waals surface area contributed by atoms with E-state index in [9.17, 15) is 9.59 Å². The molecule has 26 heavy (non-hydrogen) atoms. The SMILES string of the molecule is CCN1CCCC1CNC(=O)c1ccccc1NC(=O)c1ccccc1. The van der Waals surface area contributed by atoms with Crippen molar-refractivity contribution in [3.8, 4) is 0 Å². The lowest BCUT2D eigenvalue weighted by Crippen LogP contribution is -2.40. The highest BCUT2D eigenvalue weighted by Gasteiger charge is 2.23. The average molecular weight is 351 g/mol. The number of hydrogen-bond donors (Lipinski definition) is 2. The molecule has 1 heterocycles. The first-order chi connectivity index (χ1) is 12.7. The first kappa shape index (κ1) is 18.1. The minimum atomic E-state index is -0.223. The van der Waals surface area contributed by atoms with Crippen LogP contribution in [0.5, 0.6) is 0 Å². The van der Waals surface area contributed by atoms with Crippen molar-refractivity contribution >= 4 is 17.5 Å². The van der Waals surface area contributed by atoms with Gasteiger partial charge in [-0.1, -0.05) is 37.3 Å². The number of nitrogens with zero attached hydrogens (tertiary/aromatic N) is 1. The second-order valence-corrected chi connectivity index (χ2v) is 6.50. The number of likely N-dealkylation sites (tertiary alicyclic amines) is 1. The van der Waals surface area contributed by atoms with Crippen LogP contribution in [0.25, 0.3) is 0 Å². The Bertz CT molecular complexity index is 761. The summed E-state index contributed by atoms with van der Waals surface area (Å²) in [5.41, 5.74) is 1.57. The number of benzene rings is 2. The van der Waals surface area contributed by atoms with E-state index in [0.29, 0.717) is 29.4 Å². The average Bonchev–Trinajstić information content (AvgIpc) is 3.15. The van der Waals surface area contributed by atoms with Crippen LogP contribution in [0.4, 0.5) is 5.69 Å². The third-order valence-electron chi connectivity index (χ3n) is 4.86. The van der Waals surface area contributed by atoms with Gasteiger partial charge in [-0.25, -0.2) is 0 Å². The van der Waals surface area contributed by atoms with Crippen LogP contribution in [0.15, 0.2) is 54.6 Å². The summed E-state index contributed by atoms with van der Waals surface area (Å²) >= 11 is 0. The molecule has 1 aliphatic heterocycles. The Balaban J connectivity index is 1.66. The molecule has 0 aliphatic carbocycles. The zero-order valence-electron chi connectivity index (χ0n) is 15.1. The molecule has 2 aromatic carbocycles. The number of anilines is 1. The molecule has 1 unspecified atom stereocenters. The molecule has 2 N–H and O–H groups in total. The maximum atomic E-state index is 12.7. The van der Waals surface area contributed by atoms with E-state index in [0.717, 1.165) is 19.5 Å². The molecular weight excluding hydrogens is 326 g/mol. The van der Waals surface area contributed by atoms with Crippen molar-refractivity contribution in [3.63, 3.8) is 0 Å². The van der Waals surface area contributed by atoms with Crippen molar-refractivity contribution < 1.29 is 9.59 Å². The molecule has 0 radical (unpaired) electrons. The van der Waals surface area contributed by atoms with E-state index in [1.54, 1.807) is 30.3 Å². The molecule has 1 atom stereocenters. The van der Waals surface area contributed by atoms with Crippen LogP contribution in [0.1, 0.15) is 40.5 Å². The van der Waals surface area contributed by atoms with Gasteiger partial charge >= 0.3 is 0 Å². The third-order valence-corrected chi connectivity index (χ3v) is 4.86. The van der Waals surface area contributed by atoms with Gasteiger partial charge in [-0.05, 0) is 50.2 Å². The number of carbonyl (C=O) groups is 2. The fourth-order valence-electron chi connectivity index (χ4n) is 3.42. The number of amides is 2. The zero-order chi connectivity index (χ0) is 18.4. The number of hydrogen-bond acceptors (Lipinski definition) is 3. The minimum Gasteiger partial charge on any atom is -0.350 e. The van der Waals surface area contributed by atoms with Crippen LogP contribution >= 0.6 is 0 Å². The van der Waals surface area contributed by atoms with Crippen molar-refractivity contribution in [2.75, 3.05) is 25.0 Å². The molecule has 0 saturated carbocycles. The molecule has 1 fully saturated rings. The van der Waals surface area contributed by atoms with Crippen LogP contribution in [-0.4, -0.2) is 42.4 Å². The van der Waals surface area contributed by atoms with Crippen molar-refractivity contribution in [2.24, 2.45) is 0 Å². The normalized spacial score (nSPS) is 17.0. The van der Waals surface area contributed by atoms with Crippen LogP contribution < -0.4 is 10.6 Å². The Labute approximate surface area is 154 Å². The zero-order valence-corrected chi connectivity index (χ0v) is 15.1. The quantitative estimate of drug-likeness (QED) is 0.840. The third kappa shape index (κ3) is 4.29. The van der Waals surface area contributed by atoms with Gasteiger partial charge in [0.15, 0.2) is 0 Å². The summed E-state index contributed by atoms with van der Waals surface area (Å²) in [5, 5.41) is 5.87. The van der Waals surface area contributed by atoms with Crippen LogP contribution in [0.3, 0.4) is 0 Å². The Kier molecular flexibility index (Phi) is 6.02. The van der Waals surface area contributed by atoms with Crippen LogP contribution in [0.2, 0.25) is 0 Å². The predicted molar refractivity (Wildman–Crippen MR) is 103 cm³/mol. The van der Waals surface area contributed by atoms with E-state index in [1.165, 1.54) is 6.42 Å². The van der Waals surface area contributed by atoms with Gasteiger partial charge in [0.05, 0.1) is 11.3 Å². The summed E-state index contributed by atoms with van der Waals surface area (Å²) < 4.78 is 0. The fraction of sp³-hybridized carbons (Fsp3) is 0.333. The van der Waals surface area contributed by atoms with Gasteiger partial charge in [0.25, 0.3) is 11.8 Å². The molecule has 0 bridgehead atoms. The summed E-state index contributed by atoms with van der Waals surface area (Å²) in [6.45, 7) is 4.88. The van der Waals surface area contributed by atoms with E-state index in [-0.39, 0.29) is 11.8 Å². The first-order valence-corrected chi connectivity index (χ1v) is 9.16. The summed E-state index contributed by atoms with van der Waals surface area (Å²) in [5.74, 6) is -0.379. The molecule has 1 aliphatic rings. The monoisotopic (exact) mass is 351 g/mol. The first-order valence-electron chi connectivity index (χ1n) is 9.16. The van der Waals surface area contributed by atoms with Crippen LogP contribution in [0, 0.1) is 0 Å². The topological polar surface area (TPSA) is 61.4 Å². The lowest BCUT2D eigenvalue weighted by Gasteiger charge is -2.23. The van der Waals surface area contributed by atoms with E-state index < -0.39 is 0 Å². The Morgan fingerprint density at radius 3 is 2.54 bits per heavy atom. The molecule has 5 nitrogen and oxygen atoms in total. The molecule has 3 rings (SSSR count). The Morgan fingerprint density at radius 2 is 1.77 bits per heavy atom. The summed E-state index contributed by atoms with van der Waals surface area (Å²) in [6.07, 6.45) is 2.29. The molecule has 2 amide bonds. The molecule has 2 aromatic rings. The van der Waals surface area contributed by atoms with Crippen molar-refractivity contribution in [1.29, 1.82) is 0 Å². The number of para-hydroxylation sites is 1.